The largest absolute Gasteiger partial charge is 0.497 e. The average molecular weight is 260 g/mol. The molecule has 2 amide bonds. The van der Waals surface area contributed by atoms with Gasteiger partial charge in [0.2, 0.25) is 0 Å². The number of urea groups is 1. The van der Waals surface area contributed by atoms with E-state index in [1.54, 1.807) is 19.1 Å². The van der Waals surface area contributed by atoms with Gasteiger partial charge in [0, 0.05) is 13.2 Å². The van der Waals surface area contributed by atoms with Crippen molar-refractivity contribution in [2.45, 2.75) is 25.8 Å². The van der Waals surface area contributed by atoms with Crippen LogP contribution in [0, 0.1) is 0 Å². The number of hydrogen-bond acceptors (Lipinski definition) is 2. The van der Waals surface area contributed by atoms with Gasteiger partial charge in [-0.05, 0) is 29.7 Å². The Balaban J connectivity index is 2.29. The molecule has 1 heterocycles. The minimum absolute atomic E-state index is 0.0328. The molecule has 1 aliphatic rings. The quantitative estimate of drug-likeness (QED) is 0.904. The molecule has 0 aromatic heterocycles. The second kappa shape index (κ2) is 5.78. The van der Waals surface area contributed by atoms with Gasteiger partial charge in [-0.25, -0.2) is 4.79 Å². The molecule has 19 heavy (non-hydrogen) atoms. The van der Waals surface area contributed by atoms with Gasteiger partial charge in [-0.15, -0.1) is 0 Å². The van der Waals surface area contributed by atoms with Crippen LogP contribution in [0.4, 0.5) is 4.79 Å². The van der Waals surface area contributed by atoms with Gasteiger partial charge >= 0.3 is 6.03 Å². The van der Waals surface area contributed by atoms with Crippen LogP contribution in [-0.4, -0.2) is 25.1 Å². The van der Waals surface area contributed by atoms with E-state index in [0.29, 0.717) is 0 Å². The van der Waals surface area contributed by atoms with Crippen LogP contribution in [0.3, 0.4) is 0 Å². The summed E-state index contributed by atoms with van der Waals surface area (Å²) in [6, 6.07) is 7.74. The second-order valence-electron chi connectivity index (χ2n) is 4.72. The highest BCUT2D eigenvalue weighted by Crippen LogP contribution is 2.29. The normalized spacial score (nSPS) is 18.9. The Labute approximate surface area is 114 Å². The number of rotatable bonds is 4. The van der Waals surface area contributed by atoms with E-state index in [1.807, 2.05) is 30.5 Å². The Hall–Kier alpha value is -1.97. The van der Waals surface area contributed by atoms with Crippen molar-refractivity contribution < 1.29 is 9.53 Å². The van der Waals surface area contributed by atoms with Gasteiger partial charge < -0.3 is 15.0 Å². The van der Waals surface area contributed by atoms with E-state index < -0.39 is 0 Å². The molecule has 0 radical (unpaired) electrons. The average Bonchev–Trinajstić information content (AvgIpc) is 2.43. The Bertz CT molecular complexity index is 479. The summed E-state index contributed by atoms with van der Waals surface area (Å²) in [5.41, 5.74) is 2.32. The van der Waals surface area contributed by atoms with E-state index >= 15 is 0 Å². The molecule has 1 aromatic carbocycles. The maximum Gasteiger partial charge on any atom is 0.321 e. The van der Waals surface area contributed by atoms with Crippen molar-refractivity contribution in [2.24, 2.45) is 0 Å². The summed E-state index contributed by atoms with van der Waals surface area (Å²) in [6.07, 6.45) is 3.97. The van der Waals surface area contributed by atoms with Crippen molar-refractivity contribution in [3.63, 3.8) is 0 Å². The van der Waals surface area contributed by atoms with Gasteiger partial charge in [0.05, 0.1) is 13.2 Å². The summed E-state index contributed by atoms with van der Waals surface area (Å²) in [5.74, 6) is 0.823. The zero-order valence-electron chi connectivity index (χ0n) is 11.6. The van der Waals surface area contributed by atoms with Crippen molar-refractivity contribution in [1.29, 1.82) is 0 Å². The fourth-order valence-corrected chi connectivity index (χ4v) is 2.29. The maximum absolute atomic E-state index is 11.8. The Kier molecular flexibility index (Phi) is 4.10. The minimum Gasteiger partial charge on any atom is -0.497 e. The van der Waals surface area contributed by atoms with Crippen LogP contribution in [-0.2, 0) is 0 Å². The number of nitrogens with one attached hydrogen (secondary N) is 1. The summed E-state index contributed by atoms with van der Waals surface area (Å²) in [4.78, 5) is 13.4. The first-order valence-electron chi connectivity index (χ1n) is 6.53. The van der Waals surface area contributed by atoms with Crippen molar-refractivity contribution in [3.8, 4) is 5.75 Å². The third-order valence-corrected chi connectivity index (χ3v) is 3.31. The first kappa shape index (κ1) is 13.5. The summed E-state index contributed by atoms with van der Waals surface area (Å²) in [7, 11) is 3.42. The van der Waals surface area contributed by atoms with E-state index in [4.69, 9.17) is 4.74 Å². The number of nitrogens with zero attached hydrogens (tertiary/aromatic N) is 1. The summed E-state index contributed by atoms with van der Waals surface area (Å²) < 4.78 is 5.16. The number of benzene rings is 1. The lowest BCUT2D eigenvalue weighted by Gasteiger charge is -2.30. The van der Waals surface area contributed by atoms with Gasteiger partial charge in [0.1, 0.15) is 5.75 Å². The predicted molar refractivity (Wildman–Crippen MR) is 75.0 cm³/mol. The molecule has 1 aromatic rings. The molecular formula is C15H20N2O2. The van der Waals surface area contributed by atoms with Crippen molar-refractivity contribution in [3.05, 3.63) is 41.6 Å². The summed E-state index contributed by atoms with van der Waals surface area (Å²) >= 11 is 0. The standard InChI is InChI=1S/C15H20N2O2/c1-4-5-12-10-17(2)15(18)16-14(12)11-6-8-13(19-3)9-7-11/h6-10,14H,4-5H2,1-3H3,(H,16,18). The Morgan fingerprint density at radius 2 is 2.00 bits per heavy atom. The number of hydrogen-bond donors (Lipinski definition) is 1. The van der Waals surface area contributed by atoms with Crippen LogP contribution in [0.1, 0.15) is 31.4 Å². The van der Waals surface area contributed by atoms with Gasteiger partial charge in [0.15, 0.2) is 0 Å². The Morgan fingerprint density at radius 1 is 1.32 bits per heavy atom. The zero-order valence-corrected chi connectivity index (χ0v) is 11.6. The molecule has 1 N–H and O–H groups in total. The predicted octanol–water partition coefficient (Wildman–Crippen LogP) is 3.08. The molecule has 0 fully saturated rings. The number of carbonyl (C=O) groups excluding carboxylic acids is 1. The van der Waals surface area contributed by atoms with Gasteiger partial charge in [-0.1, -0.05) is 25.5 Å². The highest BCUT2D eigenvalue weighted by molar-refractivity contribution is 5.77. The third-order valence-electron chi connectivity index (χ3n) is 3.31. The summed E-state index contributed by atoms with van der Waals surface area (Å²) in [6.45, 7) is 2.14. The molecule has 0 aliphatic carbocycles. The molecule has 0 saturated carbocycles. The second-order valence-corrected chi connectivity index (χ2v) is 4.72. The van der Waals surface area contributed by atoms with Crippen molar-refractivity contribution in [1.82, 2.24) is 10.2 Å². The highest BCUT2D eigenvalue weighted by atomic mass is 16.5. The van der Waals surface area contributed by atoms with Crippen LogP contribution >= 0.6 is 0 Å². The van der Waals surface area contributed by atoms with Crippen LogP contribution in [0.2, 0.25) is 0 Å². The van der Waals surface area contributed by atoms with Crippen LogP contribution in [0.5, 0.6) is 5.75 Å². The van der Waals surface area contributed by atoms with Gasteiger partial charge in [-0.3, -0.25) is 0 Å². The summed E-state index contributed by atoms with van der Waals surface area (Å²) in [5, 5.41) is 3.03. The van der Waals surface area contributed by atoms with E-state index in [-0.39, 0.29) is 12.1 Å². The Morgan fingerprint density at radius 3 is 2.58 bits per heavy atom. The third kappa shape index (κ3) is 2.89. The van der Waals surface area contributed by atoms with Crippen LogP contribution < -0.4 is 10.1 Å². The maximum atomic E-state index is 11.8. The topological polar surface area (TPSA) is 41.6 Å². The molecular weight excluding hydrogens is 240 g/mol. The minimum atomic E-state index is -0.0688. The SMILES string of the molecule is CCCC1=CN(C)C(=O)NC1c1ccc(OC)cc1. The van der Waals surface area contributed by atoms with E-state index in [0.717, 1.165) is 24.2 Å². The first-order valence-corrected chi connectivity index (χ1v) is 6.53. The lowest BCUT2D eigenvalue weighted by molar-refractivity contribution is 0.215. The number of ether oxygens (including phenoxy) is 1. The smallest absolute Gasteiger partial charge is 0.321 e. The fraction of sp³-hybridized carbons (Fsp3) is 0.400. The molecule has 1 unspecified atom stereocenters. The van der Waals surface area contributed by atoms with E-state index in [2.05, 4.69) is 12.2 Å². The number of carbonyl (C=O) groups is 1. The lowest BCUT2D eigenvalue weighted by atomic mass is 9.95. The van der Waals surface area contributed by atoms with Gasteiger partial charge in [-0.2, -0.15) is 0 Å². The molecule has 0 bridgehead atoms. The molecule has 1 aliphatic heterocycles. The fourth-order valence-electron chi connectivity index (χ4n) is 2.29. The lowest BCUT2D eigenvalue weighted by Crippen LogP contribution is -2.41. The zero-order chi connectivity index (χ0) is 13.8. The molecule has 2 rings (SSSR count). The molecule has 4 nitrogen and oxygen atoms in total. The number of amides is 2. The highest BCUT2D eigenvalue weighted by Gasteiger charge is 2.25. The van der Waals surface area contributed by atoms with Gasteiger partial charge in [0.25, 0.3) is 0 Å². The molecule has 102 valence electrons. The monoisotopic (exact) mass is 260 g/mol. The molecule has 0 saturated heterocycles. The van der Waals surface area contributed by atoms with E-state index in [9.17, 15) is 4.79 Å². The van der Waals surface area contributed by atoms with Crippen molar-refractivity contribution >= 4 is 6.03 Å². The first-order chi connectivity index (χ1) is 9.15. The molecule has 1 atom stereocenters. The van der Waals surface area contributed by atoms with E-state index in [1.165, 1.54) is 5.57 Å². The van der Waals surface area contributed by atoms with Crippen LogP contribution in [0.25, 0.3) is 0 Å². The molecule has 4 heteroatoms. The number of methoxy groups -OCH3 is 1. The van der Waals surface area contributed by atoms with Crippen molar-refractivity contribution in [2.75, 3.05) is 14.2 Å². The molecule has 0 spiro atoms. The van der Waals surface area contributed by atoms with Crippen LogP contribution in [0.15, 0.2) is 36.0 Å².